The molecule has 0 aliphatic rings. The molecule has 0 atom stereocenters. The summed E-state index contributed by atoms with van der Waals surface area (Å²) in [6, 6.07) is 3.57. The molecule has 1 aromatic rings. The number of aromatic hydroxyl groups is 1. The number of aryl methyl sites for hydroxylation is 2. The summed E-state index contributed by atoms with van der Waals surface area (Å²) in [7, 11) is 1.33. The third-order valence-electron chi connectivity index (χ3n) is 2.18. The fraction of sp³-hybridized carbons (Fsp3) is 0.308. The molecule has 1 aromatic carbocycles. The van der Waals surface area contributed by atoms with Crippen LogP contribution in [0.15, 0.2) is 12.1 Å². The molecule has 16 heavy (non-hydrogen) atoms. The van der Waals surface area contributed by atoms with Crippen molar-refractivity contribution < 1.29 is 14.6 Å². The molecule has 0 spiro atoms. The van der Waals surface area contributed by atoms with E-state index in [0.29, 0.717) is 5.75 Å². The maximum atomic E-state index is 10.8. The van der Waals surface area contributed by atoms with Crippen LogP contribution in [0.25, 0.3) is 0 Å². The smallest absolute Gasteiger partial charge is 0.317 e. The monoisotopic (exact) mass is 218 g/mol. The number of rotatable bonds is 1. The fourth-order valence-electron chi connectivity index (χ4n) is 1.32. The first-order valence-corrected chi connectivity index (χ1v) is 4.90. The predicted molar refractivity (Wildman–Crippen MR) is 61.1 cm³/mol. The highest BCUT2D eigenvalue weighted by molar-refractivity contribution is 5.72. The van der Waals surface area contributed by atoms with Crippen molar-refractivity contribution in [1.82, 2.24) is 0 Å². The largest absolute Gasteiger partial charge is 0.507 e. The number of carbonyl (C=O) groups is 1. The van der Waals surface area contributed by atoms with Crippen molar-refractivity contribution in [2.75, 3.05) is 7.11 Å². The molecule has 0 amide bonds. The minimum absolute atomic E-state index is 0.0788. The molecular weight excluding hydrogens is 204 g/mol. The average molecular weight is 218 g/mol. The van der Waals surface area contributed by atoms with Gasteiger partial charge in [0.1, 0.15) is 12.2 Å². The molecule has 0 saturated heterocycles. The first kappa shape index (κ1) is 12.1. The molecule has 3 heteroatoms. The van der Waals surface area contributed by atoms with Crippen LogP contribution in [0, 0.1) is 25.7 Å². The number of ether oxygens (including phenoxy) is 1. The average Bonchev–Trinajstić information content (AvgIpc) is 2.25. The fourth-order valence-corrected chi connectivity index (χ4v) is 1.32. The van der Waals surface area contributed by atoms with Gasteiger partial charge < -0.3 is 9.84 Å². The van der Waals surface area contributed by atoms with E-state index in [0.717, 1.165) is 16.7 Å². The Bertz CT molecular complexity index is 441. The summed E-state index contributed by atoms with van der Waals surface area (Å²) < 4.78 is 4.47. The molecule has 0 aliphatic heterocycles. The number of carbonyl (C=O) groups excluding carboxylic acids is 1. The van der Waals surface area contributed by atoms with Crippen LogP contribution in [-0.4, -0.2) is 18.2 Å². The van der Waals surface area contributed by atoms with E-state index in [1.807, 2.05) is 13.8 Å². The molecule has 0 fully saturated rings. The van der Waals surface area contributed by atoms with Gasteiger partial charge in [-0.2, -0.15) is 0 Å². The van der Waals surface area contributed by atoms with E-state index < -0.39 is 0 Å². The minimum atomic E-state index is -0.347. The van der Waals surface area contributed by atoms with Crippen LogP contribution in [0.2, 0.25) is 0 Å². The third-order valence-corrected chi connectivity index (χ3v) is 2.18. The number of benzene rings is 1. The van der Waals surface area contributed by atoms with Gasteiger partial charge in [0.25, 0.3) is 0 Å². The molecule has 0 aromatic heterocycles. The Morgan fingerprint density at radius 1 is 1.38 bits per heavy atom. The van der Waals surface area contributed by atoms with Crippen molar-refractivity contribution in [2.45, 2.75) is 20.3 Å². The van der Waals surface area contributed by atoms with Gasteiger partial charge in [-0.05, 0) is 37.1 Å². The van der Waals surface area contributed by atoms with Gasteiger partial charge in [-0.15, -0.1) is 0 Å². The third kappa shape index (κ3) is 3.03. The van der Waals surface area contributed by atoms with Crippen LogP contribution in [0.1, 0.15) is 23.1 Å². The molecule has 0 aliphatic carbocycles. The van der Waals surface area contributed by atoms with E-state index in [9.17, 15) is 9.90 Å². The first-order valence-electron chi connectivity index (χ1n) is 4.90. The van der Waals surface area contributed by atoms with E-state index in [-0.39, 0.29) is 12.4 Å². The highest BCUT2D eigenvalue weighted by Gasteiger charge is 2.01. The topological polar surface area (TPSA) is 46.5 Å². The lowest BCUT2D eigenvalue weighted by atomic mass is 10.1. The highest BCUT2D eigenvalue weighted by atomic mass is 16.5. The Balaban J connectivity index is 2.86. The molecule has 0 saturated carbocycles. The lowest BCUT2D eigenvalue weighted by molar-refractivity contribution is -0.139. The Hall–Kier alpha value is -1.95. The van der Waals surface area contributed by atoms with Crippen molar-refractivity contribution in [3.8, 4) is 17.6 Å². The molecule has 0 unspecified atom stereocenters. The lowest BCUT2D eigenvalue weighted by Gasteiger charge is -2.03. The summed E-state index contributed by atoms with van der Waals surface area (Å²) in [4.78, 5) is 10.8. The van der Waals surface area contributed by atoms with Gasteiger partial charge in [0.05, 0.1) is 7.11 Å². The van der Waals surface area contributed by atoms with Crippen molar-refractivity contribution >= 4 is 5.97 Å². The van der Waals surface area contributed by atoms with Crippen molar-refractivity contribution in [3.05, 3.63) is 28.8 Å². The lowest BCUT2D eigenvalue weighted by Crippen LogP contribution is -1.97. The van der Waals surface area contributed by atoms with Crippen molar-refractivity contribution in [2.24, 2.45) is 0 Å². The van der Waals surface area contributed by atoms with Gasteiger partial charge in [-0.3, -0.25) is 4.79 Å². The van der Waals surface area contributed by atoms with Crippen LogP contribution in [0.3, 0.4) is 0 Å². The summed E-state index contributed by atoms with van der Waals surface area (Å²) in [5.74, 6) is 5.52. The van der Waals surface area contributed by atoms with Crippen molar-refractivity contribution in [1.29, 1.82) is 0 Å². The molecule has 0 radical (unpaired) electrons. The quantitative estimate of drug-likeness (QED) is 0.578. The second-order valence-electron chi connectivity index (χ2n) is 3.51. The molecule has 0 heterocycles. The molecular formula is C13H14O3. The number of phenols is 1. The first-order chi connectivity index (χ1) is 7.54. The standard InChI is InChI=1S/C13H14O3/c1-9-7-11(8-10(2)13(9)15)5-4-6-12(14)16-3/h7-8,15H,6H2,1-3H3. The summed E-state index contributed by atoms with van der Waals surface area (Å²) in [6.45, 7) is 3.63. The Morgan fingerprint density at radius 2 is 1.94 bits per heavy atom. The molecule has 1 N–H and O–H groups in total. The van der Waals surface area contributed by atoms with Gasteiger partial charge in [0, 0.05) is 5.56 Å². The van der Waals surface area contributed by atoms with Gasteiger partial charge in [-0.25, -0.2) is 0 Å². The van der Waals surface area contributed by atoms with E-state index in [4.69, 9.17) is 0 Å². The predicted octanol–water partition coefficient (Wildman–Crippen LogP) is 1.92. The van der Waals surface area contributed by atoms with E-state index in [2.05, 4.69) is 16.6 Å². The zero-order chi connectivity index (χ0) is 12.1. The second kappa shape index (κ2) is 5.22. The maximum absolute atomic E-state index is 10.8. The highest BCUT2D eigenvalue weighted by Crippen LogP contribution is 2.22. The van der Waals surface area contributed by atoms with Crippen LogP contribution >= 0.6 is 0 Å². The van der Waals surface area contributed by atoms with Gasteiger partial charge >= 0.3 is 5.97 Å². The molecule has 84 valence electrons. The second-order valence-corrected chi connectivity index (χ2v) is 3.51. The Labute approximate surface area is 95.1 Å². The van der Waals surface area contributed by atoms with Gasteiger partial charge in [-0.1, -0.05) is 11.8 Å². The van der Waals surface area contributed by atoms with Crippen LogP contribution < -0.4 is 0 Å². The SMILES string of the molecule is COC(=O)CC#Cc1cc(C)c(O)c(C)c1. The summed E-state index contributed by atoms with van der Waals surface area (Å²) in [5, 5.41) is 9.56. The van der Waals surface area contributed by atoms with Crippen LogP contribution in [-0.2, 0) is 9.53 Å². The zero-order valence-electron chi connectivity index (χ0n) is 9.63. The van der Waals surface area contributed by atoms with Crippen LogP contribution in [0.5, 0.6) is 5.75 Å². The Kier molecular flexibility index (Phi) is 3.96. The number of hydrogen-bond acceptors (Lipinski definition) is 3. The zero-order valence-corrected chi connectivity index (χ0v) is 9.63. The summed E-state index contributed by atoms with van der Waals surface area (Å²) in [5.41, 5.74) is 2.35. The van der Waals surface area contributed by atoms with Crippen LogP contribution in [0.4, 0.5) is 0 Å². The number of esters is 1. The number of phenolic OH excluding ortho intramolecular Hbond substituents is 1. The Morgan fingerprint density at radius 3 is 2.44 bits per heavy atom. The molecule has 3 nitrogen and oxygen atoms in total. The van der Waals surface area contributed by atoms with Gasteiger partial charge in [0.15, 0.2) is 0 Å². The normalized spacial score (nSPS) is 9.19. The summed E-state index contributed by atoms with van der Waals surface area (Å²) in [6.07, 6.45) is 0.0788. The summed E-state index contributed by atoms with van der Waals surface area (Å²) >= 11 is 0. The van der Waals surface area contributed by atoms with Gasteiger partial charge in [0.2, 0.25) is 0 Å². The van der Waals surface area contributed by atoms with E-state index in [1.165, 1.54) is 7.11 Å². The number of hydrogen-bond donors (Lipinski definition) is 1. The van der Waals surface area contributed by atoms with E-state index >= 15 is 0 Å². The number of methoxy groups -OCH3 is 1. The van der Waals surface area contributed by atoms with E-state index in [1.54, 1.807) is 12.1 Å². The van der Waals surface area contributed by atoms with Crippen molar-refractivity contribution in [3.63, 3.8) is 0 Å². The molecule has 1 rings (SSSR count). The maximum Gasteiger partial charge on any atom is 0.317 e. The molecule has 0 bridgehead atoms. The minimum Gasteiger partial charge on any atom is -0.507 e.